The number of aryl methyl sites for hydroxylation is 1. The molecule has 0 fully saturated rings. The number of benzene rings is 3. The second-order valence-corrected chi connectivity index (χ2v) is 8.88. The number of ether oxygens (including phenoxy) is 1. The average molecular weight is 519 g/mol. The van der Waals surface area contributed by atoms with E-state index in [0.717, 1.165) is 44.7 Å². The molecule has 2 N–H and O–H groups in total. The van der Waals surface area contributed by atoms with Crippen LogP contribution in [0, 0.1) is 0 Å². The molecule has 3 aromatic carbocycles. The number of urea groups is 1. The molecule has 0 aliphatic heterocycles. The van der Waals surface area contributed by atoms with Crippen LogP contribution in [0.2, 0.25) is 0 Å². The number of H-pyrrole nitrogens is 1. The second-order valence-electron chi connectivity index (χ2n) is 7.96. The Morgan fingerprint density at radius 1 is 0.971 bits per heavy atom. The highest BCUT2D eigenvalue weighted by molar-refractivity contribution is 9.10. The zero-order valence-corrected chi connectivity index (χ0v) is 20.8. The molecular formula is C27H27BrN4O2. The summed E-state index contributed by atoms with van der Waals surface area (Å²) in [4.78, 5) is 15.1. The highest BCUT2D eigenvalue weighted by atomic mass is 79.9. The van der Waals surface area contributed by atoms with Gasteiger partial charge in [0.05, 0.1) is 25.5 Å². The van der Waals surface area contributed by atoms with E-state index < -0.39 is 0 Å². The van der Waals surface area contributed by atoms with Crippen molar-refractivity contribution in [3.8, 4) is 17.0 Å². The Hall–Kier alpha value is -3.58. The van der Waals surface area contributed by atoms with Crippen molar-refractivity contribution < 1.29 is 9.53 Å². The number of anilines is 1. The largest absolute Gasteiger partial charge is 0.497 e. The molecule has 0 spiro atoms. The molecule has 0 saturated carbocycles. The minimum absolute atomic E-state index is 0.177. The predicted octanol–water partition coefficient (Wildman–Crippen LogP) is 6.64. The Morgan fingerprint density at radius 3 is 2.29 bits per heavy atom. The molecular weight excluding hydrogens is 492 g/mol. The third-order valence-electron chi connectivity index (χ3n) is 5.65. The molecule has 1 heterocycles. The summed E-state index contributed by atoms with van der Waals surface area (Å²) in [7, 11) is 1.64. The van der Waals surface area contributed by atoms with Crippen molar-refractivity contribution in [1.82, 2.24) is 15.1 Å². The van der Waals surface area contributed by atoms with Gasteiger partial charge in [-0.25, -0.2) is 4.79 Å². The van der Waals surface area contributed by atoms with E-state index in [1.54, 1.807) is 18.2 Å². The first-order chi connectivity index (χ1) is 16.6. The Bertz CT molecular complexity index is 1220. The van der Waals surface area contributed by atoms with Crippen molar-refractivity contribution in [2.45, 2.75) is 26.4 Å². The fourth-order valence-corrected chi connectivity index (χ4v) is 3.94. The lowest BCUT2D eigenvalue weighted by Crippen LogP contribution is -2.34. The van der Waals surface area contributed by atoms with Crippen LogP contribution in [-0.2, 0) is 19.5 Å². The minimum Gasteiger partial charge on any atom is -0.497 e. The summed E-state index contributed by atoms with van der Waals surface area (Å²) in [5, 5.41) is 10.4. The van der Waals surface area contributed by atoms with Gasteiger partial charge in [0.2, 0.25) is 0 Å². The SMILES string of the molecule is CCc1ccc(CN(Cc2cn[nH]c2-c2ccc(OC)cc2)C(=O)Nc2ccc(Br)cc2)cc1. The first-order valence-corrected chi connectivity index (χ1v) is 11.9. The second kappa shape index (κ2) is 11.0. The van der Waals surface area contributed by atoms with Crippen molar-refractivity contribution >= 4 is 27.6 Å². The molecule has 0 aliphatic rings. The number of amides is 2. The Kier molecular flexibility index (Phi) is 7.65. The summed E-state index contributed by atoms with van der Waals surface area (Å²) in [5.41, 5.74) is 5.87. The molecule has 0 saturated heterocycles. The van der Waals surface area contributed by atoms with Crippen LogP contribution in [-0.4, -0.2) is 28.2 Å². The Balaban J connectivity index is 1.59. The molecule has 0 aliphatic carbocycles. The third-order valence-corrected chi connectivity index (χ3v) is 6.17. The van der Waals surface area contributed by atoms with Crippen molar-refractivity contribution in [2.24, 2.45) is 0 Å². The number of hydrogen-bond donors (Lipinski definition) is 2. The molecule has 4 aromatic rings. The van der Waals surface area contributed by atoms with E-state index in [2.05, 4.69) is 62.6 Å². The number of carbonyl (C=O) groups excluding carboxylic acids is 1. The van der Waals surface area contributed by atoms with Gasteiger partial charge in [-0.1, -0.05) is 47.1 Å². The highest BCUT2D eigenvalue weighted by Crippen LogP contribution is 2.25. The number of halogens is 1. The van der Waals surface area contributed by atoms with Gasteiger partial charge in [-0.3, -0.25) is 5.10 Å². The van der Waals surface area contributed by atoms with E-state index in [4.69, 9.17) is 4.74 Å². The molecule has 6 nitrogen and oxygen atoms in total. The van der Waals surface area contributed by atoms with Crippen molar-refractivity contribution in [3.05, 3.63) is 100 Å². The maximum atomic E-state index is 13.3. The lowest BCUT2D eigenvalue weighted by atomic mass is 10.1. The number of carbonyl (C=O) groups is 1. The van der Waals surface area contributed by atoms with Gasteiger partial charge in [0, 0.05) is 27.8 Å². The molecule has 0 bridgehead atoms. The van der Waals surface area contributed by atoms with Crippen LogP contribution in [0.4, 0.5) is 10.5 Å². The van der Waals surface area contributed by atoms with E-state index in [9.17, 15) is 4.79 Å². The van der Waals surface area contributed by atoms with Crippen molar-refractivity contribution in [3.63, 3.8) is 0 Å². The fraction of sp³-hybridized carbons (Fsp3) is 0.185. The van der Waals surface area contributed by atoms with Crippen LogP contribution in [0.3, 0.4) is 0 Å². The molecule has 0 radical (unpaired) electrons. The topological polar surface area (TPSA) is 70.2 Å². The first kappa shape index (κ1) is 23.6. The Labute approximate surface area is 208 Å². The van der Waals surface area contributed by atoms with Gasteiger partial charge in [-0.2, -0.15) is 5.10 Å². The standard InChI is InChI=1S/C27H27BrN4O2/c1-3-19-4-6-20(7-5-19)17-32(27(33)30-24-12-10-23(28)11-13-24)18-22-16-29-31-26(22)21-8-14-25(34-2)15-9-21/h4-16H,3,17-18H2,1-2H3,(H,29,31)(H,30,33). The molecule has 0 unspecified atom stereocenters. The van der Waals surface area contributed by atoms with Crippen LogP contribution < -0.4 is 10.1 Å². The van der Waals surface area contributed by atoms with Gasteiger partial charge in [0.25, 0.3) is 0 Å². The summed E-state index contributed by atoms with van der Waals surface area (Å²) in [6, 6.07) is 23.5. The van der Waals surface area contributed by atoms with E-state index in [0.29, 0.717) is 13.1 Å². The van der Waals surface area contributed by atoms with Crippen molar-refractivity contribution in [1.29, 1.82) is 0 Å². The van der Waals surface area contributed by atoms with Crippen LogP contribution in [0.1, 0.15) is 23.6 Å². The maximum absolute atomic E-state index is 13.3. The number of rotatable bonds is 8. The van der Waals surface area contributed by atoms with Crippen LogP contribution in [0.15, 0.2) is 83.5 Å². The van der Waals surface area contributed by atoms with E-state index in [1.807, 2.05) is 48.5 Å². The van der Waals surface area contributed by atoms with Gasteiger partial charge < -0.3 is 15.0 Å². The maximum Gasteiger partial charge on any atom is 0.322 e. The molecule has 1 aromatic heterocycles. The smallest absolute Gasteiger partial charge is 0.322 e. The summed E-state index contributed by atoms with van der Waals surface area (Å²) in [6.07, 6.45) is 2.76. The van der Waals surface area contributed by atoms with Gasteiger partial charge in [-0.05, 0) is 66.1 Å². The first-order valence-electron chi connectivity index (χ1n) is 11.1. The van der Waals surface area contributed by atoms with Gasteiger partial charge in [-0.15, -0.1) is 0 Å². The van der Waals surface area contributed by atoms with E-state index in [-0.39, 0.29) is 6.03 Å². The summed E-state index contributed by atoms with van der Waals surface area (Å²) >= 11 is 3.43. The summed E-state index contributed by atoms with van der Waals surface area (Å²) < 4.78 is 6.23. The number of aromatic amines is 1. The number of nitrogens with zero attached hydrogens (tertiary/aromatic N) is 2. The summed E-state index contributed by atoms with van der Waals surface area (Å²) in [5.74, 6) is 0.788. The van der Waals surface area contributed by atoms with Crippen LogP contribution >= 0.6 is 15.9 Å². The van der Waals surface area contributed by atoms with Crippen LogP contribution in [0.25, 0.3) is 11.3 Å². The number of hydrogen-bond acceptors (Lipinski definition) is 3. The van der Waals surface area contributed by atoms with Gasteiger partial charge >= 0.3 is 6.03 Å². The summed E-state index contributed by atoms with van der Waals surface area (Å²) in [6.45, 7) is 3.00. The quantitative estimate of drug-likeness (QED) is 0.274. The van der Waals surface area contributed by atoms with Gasteiger partial charge in [0.1, 0.15) is 5.75 Å². The molecule has 4 rings (SSSR count). The normalized spacial score (nSPS) is 10.7. The highest BCUT2D eigenvalue weighted by Gasteiger charge is 2.18. The number of aromatic nitrogens is 2. The fourth-order valence-electron chi connectivity index (χ4n) is 3.68. The number of methoxy groups -OCH3 is 1. The van der Waals surface area contributed by atoms with Crippen molar-refractivity contribution in [2.75, 3.05) is 12.4 Å². The van der Waals surface area contributed by atoms with E-state index >= 15 is 0 Å². The van der Waals surface area contributed by atoms with Crippen LogP contribution in [0.5, 0.6) is 5.75 Å². The molecule has 174 valence electrons. The van der Waals surface area contributed by atoms with E-state index in [1.165, 1.54) is 5.56 Å². The number of nitrogens with one attached hydrogen (secondary N) is 2. The third kappa shape index (κ3) is 5.85. The predicted molar refractivity (Wildman–Crippen MR) is 139 cm³/mol. The lowest BCUT2D eigenvalue weighted by Gasteiger charge is -2.24. The zero-order valence-electron chi connectivity index (χ0n) is 19.2. The minimum atomic E-state index is -0.177. The Morgan fingerprint density at radius 2 is 1.65 bits per heavy atom. The van der Waals surface area contributed by atoms with Gasteiger partial charge in [0.15, 0.2) is 0 Å². The zero-order chi connectivity index (χ0) is 23.9. The molecule has 0 atom stereocenters. The monoisotopic (exact) mass is 518 g/mol. The molecule has 7 heteroatoms. The molecule has 2 amide bonds. The average Bonchev–Trinajstić information content (AvgIpc) is 3.33. The molecule has 34 heavy (non-hydrogen) atoms. The lowest BCUT2D eigenvalue weighted by molar-refractivity contribution is 0.206.